The summed E-state index contributed by atoms with van der Waals surface area (Å²) >= 11 is 0. The van der Waals surface area contributed by atoms with Crippen LogP contribution < -0.4 is 9.97 Å². The van der Waals surface area contributed by atoms with Crippen LogP contribution in [-0.4, -0.2) is 6.66 Å². The van der Waals surface area contributed by atoms with E-state index in [1.807, 2.05) is 55.2 Å². The first-order valence-corrected chi connectivity index (χ1v) is 14.7. The fraction of sp³-hybridized carbons (Fsp3) is 0.0588. The largest absolute Gasteiger partial charge is 0.295 e. The summed E-state index contributed by atoms with van der Waals surface area (Å²) in [5, 5.41) is 5.18. The van der Waals surface area contributed by atoms with Crippen LogP contribution in [-0.2, 0) is 4.57 Å². The van der Waals surface area contributed by atoms with Gasteiger partial charge in [0.25, 0.3) is 0 Å². The maximum Gasteiger partial charge on any atom is 0.203 e. The molecule has 0 bridgehead atoms. The monoisotopic (exact) mass is 497 g/mol. The van der Waals surface area contributed by atoms with Gasteiger partial charge in [-0.25, -0.2) is 0 Å². The highest BCUT2D eigenvalue weighted by Crippen LogP contribution is 2.56. The molecule has 0 saturated heterocycles. The predicted octanol–water partition coefficient (Wildman–Crippen LogP) is 9.34. The molecule has 0 fully saturated rings. The maximum absolute atomic E-state index is 15.5. The number of rotatable bonds is 5. The molecule has 2 nitrogen and oxygen atoms in total. The van der Waals surface area contributed by atoms with Crippen LogP contribution in [0, 0.1) is 6.92 Å². The summed E-state index contributed by atoms with van der Waals surface area (Å²) in [5.74, 6) is 0. The zero-order valence-electron chi connectivity index (χ0n) is 21.0. The molecule has 0 aromatic heterocycles. The van der Waals surface area contributed by atoms with Crippen molar-refractivity contribution < 1.29 is 4.57 Å². The smallest absolute Gasteiger partial charge is 0.203 e. The van der Waals surface area contributed by atoms with Crippen LogP contribution in [0.5, 0.6) is 0 Å². The zero-order valence-corrected chi connectivity index (χ0v) is 21.9. The highest BCUT2D eigenvalue weighted by molar-refractivity contribution is 7.73. The normalized spacial score (nSPS) is 12.9. The Balaban J connectivity index is 1.74. The van der Waals surface area contributed by atoms with E-state index < -0.39 is 7.29 Å². The molecule has 0 radical (unpaired) electrons. The lowest BCUT2D eigenvalue weighted by Crippen LogP contribution is -2.23. The topological polar surface area (TPSA) is 20.3 Å². The van der Waals surface area contributed by atoms with Gasteiger partial charge in [-0.1, -0.05) is 115 Å². The van der Waals surface area contributed by atoms with Crippen molar-refractivity contribution in [3.8, 4) is 11.1 Å². The SMILES string of the molecule is Cc1ccccc1N(c1ccccc1)P(C)(=O)c1c2ccccc2c(-c2ccccc2)c2ccccc12. The minimum absolute atomic E-state index is 0.894. The summed E-state index contributed by atoms with van der Waals surface area (Å²) in [4.78, 5) is 0. The van der Waals surface area contributed by atoms with Crippen LogP contribution in [0.15, 0.2) is 133 Å². The molecule has 1 unspecified atom stereocenters. The highest BCUT2D eigenvalue weighted by atomic mass is 31.2. The second-order valence-electron chi connectivity index (χ2n) is 9.49. The second kappa shape index (κ2) is 9.39. The molecule has 1 atom stereocenters. The van der Waals surface area contributed by atoms with Crippen LogP contribution in [0.2, 0.25) is 0 Å². The predicted molar refractivity (Wildman–Crippen MR) is 160 cm³/mol. The molecule has 37 heavy (non-hydrogen) atoms. The minimum Gasteiger partial charge on any atom is -0.295 e. The van der Waals surface area contributed by atoms with E-state index >= 15 is 4.57 Å². The third-order valence-corrected chi connectivity index (χ3v) is 9.63. The van der Waals surface area contributed by atoms with E-state index in [0.717, 1.165) is 49.4 Å². The van der Waals surface area contributed by atoms with Gasteiger partial charge in [0.2, 0.25) is 7.29 Å². The lowest BCUT2D eigenvalue weighted by molar-refractivity contribution is 0.585. The molecular formula is C34H28NOP. The van der Waals surface area contributed by atoms with Gasteiger partial charge >= 0.3 is 0 Å². The fourth-order valence-corrected chi connectivity index (χ4v) is 8.20. The van der Waals surface area contributed by atoms with Gasteiger partial charge in [0.05, 0.1) is 5.69 Å². The summed E-state index contributed by atoms with van der Waals surface area (Å²) in [6, 6.07) is 45.6. The third kappa shape index (κ3) is 3.95. The Morgan fingerprint density at radius 3 is 1.57 bits per heavy atom. The molecule has 0 spiro atoms. The van der Waals surface area contributed by atoms with Gasteiger partial charge in [-0.05, 0) is 63.4 Å². The fourth-order valence-electron chi connectivity index (χ4n) is 5.50. The number of fused-ring (bicyclic) bond motifs is 2. The van der Waals surface area contributed by atoms with Crippen molar-refractivity contribution in [2.24, 2.45) is 0 Å². The Morgan fingerprint density at radius 1 is 0.541 bits per heavy atom. The van der Waals surface area contributed by atoms with Gasteiger partial charge < -0.3 is 0 Å². The van der Waals surface area contributed by atoms with Crippen molar-refractivity contribution in [3.63, 3.8) is 0 Å². The zero-order chi connectivity index (χ0) is 25.4. The molecular weight excluding hydrogens is 469 g/mol. The molecule has 0 aliphatic heterocycles. The molecule has 3 heteroatoms. The Labute approximate surface area is 218 Å². The lowest BCUT2D eigenvalue weighted by Gasteiger charge is -2.34. The van der Waals surface area contributed by atoms with E-state index in [-0.39, 0.29) is 0 Å². The van der Waals surface area contributed by atoms with Crippen LogP contribution >= 0.6 is 7.29 Å². The Hall–Kier alpha value is -4.13. The number of benzene rings is 6. The summed E-state index contributed by atoms with van der Waals surface area (Å²) in [7, 11) is -3.19. The number of nitrogens with zero attached hydrogens (tertiary/aromatic N) is 1. The van der Waals surface area contributed by atoms with E-state index in [0.29, 0.717) is 0 Å². The molecule has 180 valence electrons. The van der Waals surface area contributed by atoms with E-state index in [1.54, 1.807) is 0 Å². The van der Waals surface area contributed by atoms with Crippen molar-refractivity contribution in [2.45, 2.75) is 6.92 Å². The van der Waals surface area contributed by atoms with Gasteiger partial charge in [-0.3, -0.25) is 9.24 Å². The Kier molecular flexibility index (Phi) is 5.91. The number of aryl methyl sites for hydroxylation is 1. The van der Waals surface area contributed by atoms with Crippen molar-refractivity contribution in [1.29, 1.82) is 0 Å². The molecule has 6 aromatic rings. The van der Waals surface area contributed by atoms with Crippen LogP contribution in [0.25, 0.3) is 32.7 Å². The average molecular weight is 498 g/mol. The van der Waals surface area contributed by atoms with Gasteiger partial charge in [-0.2, -0.15) is 0 Å². The van der Waals surface area contributed by atoms with Gasteiger partial charge in [0, 0.05) is 17.7 Å². The molecule has 0 amide bonds. The summed E-state index contributed by atoms with van der Waals surface area (Å²) in [6.45, 7) is 4.00. The number of hydrogen-bond donors (Lipinski definition) is 0. The maximum atomic E-state index is 15.5. The van der Waals surface area contributed by atoms with Crippen molar-refractivity contribution in [2.75, 3.05) is 11.3 Å². The van der Waals surface area contributed by atoms with Crippen molar-refractivity contribution >= 4 is 45.5 Å². The molecule has 0 aliphatic rings. The first kappa shape index (κ1) is 23.3. The van der Waals surface area contributed by atoms with Gasteiger partial charge in [0.1, 0.15) is 0 Å². The van der Waals surface area contributed by atoms with Crippen LogP contribution in [0.3, 0.4) is 0 Å². The van der Waals surface area contributed by atoms with Gasteiger partial charge in [-0.15, -0.1) is 0 Å². The van der Waals surface area contributed by atoms with E-state index in [2.05, 4.69) is 96.5 Å². The summed E-state index contributed by atoms with van der Waals surface area (Å²) in [6.07, 6.45) is 0. The van der Waals surface area contributed by atoms with E-state index in [1.165, 1.54) is 5.56 Å². The highest BCUT2D eigenvalue weighted by Gasteiger charge is 2.34. The quantitative estimate of drug-likeness (QED) is 0.175. The van der Waals surface area contributed by atoms with Crippen LogP contribution in [0.1, 0.15) is 5.56 Å². The van der Waals surface area contributed by atoms with E-state index in [4.69, 9.17) is 0 Å². The number of para-hydroxylation sites is 2. The molecule has 6 rings (SSSR count). The van der Waals surface area contributed by atoms with Crippen molar-refractivity contribution in [1.82, 2.24) is 0 Å². The molecule has 0 saturated carbocycles. The Bertz CT molecular complexity index is 1720. The number of hydrogen-bond acceptors (Lipinski definition) is 1. The van der Waals surface area contributed by atoms with Gasteiger partial charge in [0.15, 0.2) is 0 Å². The van der Waals surface area contributed by atoms with Crippen LogP contribution in [0.4, 0.5) is 11.4 Å². The first-order valence-electron chi connectivity index (χ1n) is 12.6. The molecule has 0 N–H and O–H groups in total. The first-order chi connectivity index (χ1) is 18.1. The average Bonchev–Trinajstić information content (AvgIpc) is 2.93. The second-order valence-corrected chi connectivity index (χ2v) is 12.1. The molecule has 0 aliphatic carbocycles. The summed E-state index contributed by atoms with van der Waals surface area (Å²) in [5.41, 5.74) is 5.30. The lowest BCUT2D eigenvalue weighted by atomic mass is 9.92. The summed E-state index contributed by atoms with van der Waals surface area (Å²) < 4.78 is 17.5. The standard InChI is InChI=1S/C34H28NOP/c1-25-15-9-14-24-32(25)35(27-18-7-4-8-19-27)37(2,36)34-30-22-12-10-20-28(30)33(26-16-5-3-6-17-26)29-21-11-13-23-31(29)34/h3-24H,1-2H3. The Morgan fingerprint density at radius 2 is 1.00 bits per heavy atom. The number of anilines is 2. The van der Waals surface area contributed by atoms with Crippen molar-refractivity contribution in [3.05, 3.63) is 139 Å². The molecule has 6 aromatic carbocycles. The molecule has 0 heterocycles. The van der Waals surface area contributed by atoms with E-state index in [9.17, 15) is 0 Å². The third-order valence-electron chi connectivity index (χ3n) is 7.11. The minimum atomic E-state index is -3.19.